The summed E-state index contributed by atoms with van der Waals surface area (Å²) >= 11 is 0. The zero-order valence-electron chi connectivity index (χ0n) is 15.0. The van der Waals surface area contributed by atoms with Gasteiger partial charge in [-0.25, -0.2) is 4.79 Å². The minimum absolute atomic E-state index is 0.0524. The number of aryl methyl sites for hydroxylation is 2. The molecule has 0 saturated heterocycles. The van der Waals surface area contributed by atoms with Gasteiger partial charge in [0.2, 0.25) is 5.91 Å². The highest BCUT2D eigenvalue weighted by atomic mass is 16.4. The zero-order chi connectivity index (χ0) is 18.4. The molecule has 132 valence electrons. The van der Waals surface area contributed by atoms with E-state index in [0.717, 1.165) is 11.1 Å². The van der Waals surface area contributed by atoms with Crippen molar-refractivity contribution in [2.75, 3.05) is 0 Å². The highest BCUT2D eigenvalue weighted by molar-refractivity contribution is 5.89. The van der Waals surface area contributed by atoms with Gasteiger partial charge in [-0.1, -0.05) is 56.3 Å². The minimum atomic E-state index is -0.962. The van der Waals surface area contributed by atoms with Crippen LogP contribution in [0.1, 0.15) is 53.4 Å². The summed E-state index contributed by atoms with van der Waals surface area (Å²) in [6.07, 6.45) is 0.673. The van der Waals surface area contributed by atoms with Crippen LogP contribution in [0.4, 0.5) is 0 Å². The molecule has 4 nitrogen and oxygen atoms in total. The van der Waals surface area contributed by atoms with Gasteiger partial charge < -0.3 is 10.4 Å². The predicted molar refractivity (Wildman–Crippen MR) is 98.6 cm³/mol. The van der Waals surface area contributed by atoms with Crippen molar-refractivity contribution in [1.82, 2.24) is 5.32 Å². The highest BCUT2D eigenvalue weighted by Crippen LogP contribution is 2.24. The van der Waals surface area contributed by atoms with Crippen molar-refractivity contribution >= 4 is 11.9 Å². The zero-order valence-corrected chi connectivity index (χ0v) is 15.0. The molecular weight excluding hydrogens is 314 g/mol. The van der Waals surface area contributed by atoms with Crippen molar-refractivity contribution in [3.63, 3.8) is 0 Å². The average molecular weight is 339 g/mol. The van der Waals surface area contributed by atoms with E-state index in [4.69, 9.17) is 0 Å². The molecule has 0 spiro atoms. The highest BCUT2D eigenvalue weighted by Gasteiger charge is 2.20. The lowest BCUT2D eigenvalue weighted by Gasteiger charge is -2.24. The maximum atomic E-state index is 12.4. The summed E-state index contributed by atoms with van der Waals surface area (Å²) < 4.78 is 0. The van der Waals surface area contributed by atoms with E-state index in [-0.39, 0.29) is 29.9 Å². The summed E-state index contributed by atoms with van der Waals surface area (Å²) in [5.74, 6) is -0.769. The van der Waals surface area contributed by atoms with Gasteiger partial charge in [0.1, 0.15) is 0 Å². The van der Waals surface area contributed by atoms with Crippen molar-refractivity contribution in [3.05, 3.63) is 70.8 Å². The molecule has 0 aromatic heterocycles. The quantitative estimate of drug-likeness (QED) is 0.797. The minimum Gasteiger partial charge on any atom is -0.478 e. The van der Waals surface area contributed by atoms with Crippen LogP contribution >= 0.6 is 0 Å². The number of hydrogen-bond donors (Lipinski definition) is 2. The Balaban J connectivity index is 2.06. The van der Waals surface area contributed by atoms with Crippen molar-refractivity contribution < 1.29 is 14.7 Å². The number of amides is 1. The lowest BCUT2D eigenvalue weighted by molar-refractivity contribution is -0.122. The van der Waals surface area contributed by atoms with Gasteiger partial charge in [0.05, 0.1) is 11.6 Å². The number of carboxylic acids is 1. The number of nitrogens with one attached hydrogen (secondary N) is 1. The van der Waals surface area contributed by atoms with Crippen LogP contribution < -0.4 is 5.32 Å². The Kier molecular flexibility index (Phi) is 6.34. The van der Waals surface area contributed by atoms with Gasteiger partial charge in [-0.15, -0.1) is 0 Å². The number of carbonyl (C=O) groups excluding carboxylic acids is 1. The topological polar surface area (TPSA) is 66.4 Å². The molecule has 0 aliphatic heterocycles. The van der Waals surface area contributed by atoms with Crippen LogP contribution in [0.25, 0.3) is 0 Å². The second kappa shape index (κ2) is 8.47. The number of aromatic carboxylic acids is 1. The van der Waals surface area contributed by atoms with Crippen LogP contribution in [0, 0.1) is 12.8 Å². The van der Waals surface area contributed by atoms with E-state index in [1.807, 2.05) is 31.2 Å². The van der Waals surface area contributed by atoms with E-state index in [1.54, 1.807) is 24.3 Å². The van der Waals surface area contributed by atoms with E-state index < -0.39 is 5.97 Å². The van der Waals surface area contributed by atoms with Gasteiger partial charge >= 0.3 is 5.97 Å². The number of rotatable bonds is 7. The molecule has 1 unspecified atom stereocenters. The van der Waals surface area contributed by atoms with E-state index in [1.165, 1.54) is 0 Å². The molecule has 0 heterocycles. The van der Waals surface area contributed by atoms with E-state index in [9.17, 15) is 14.7 Å². The summed E-state index contributed by atoms with van der Waals surface area (Å²) in [6, 6.07) is 14.8. The van der Waals surface area contributed by atoms with Crippen LogP contribution in [0.5, 0.6) is 0 Å². The van der Waals surface area contributed by atoms with Crippen LogP contribution in [0.3, 0.4) is 0 Å². The second-order valence-electron chi connectivity index (χ2n) is 6.61. The fourth-order valence-corrected chi connectivity index (χ4v) is 2.98. The third-order valence-corrected chi connectivity index (χ3v) is 4.38. The molecule has 0 radical (unpaired) electrons. The predicted octanol–water partition coefficient (Wildman–Crippen LogP) is 4.14. The van der Waals surface area contributed by atoms with Gasteiger partial charge in [-0.3, -0.25) is 4.79 Å². The molecule has 2 aromatic carbocycles. The number of carboxylic acid groups (broad SMARTS) is 1. The van der Waals surface area contributed by atoms with Crippen molar-refractivity contribution in [2.24, 2.45) is 5.92 Å². The Morgan fingerprint density at radius 2 is 1.68 bits per heavy atom. The van der Waals surface area contributed by atoms with Gasteiger partial charge in [-0.2, -0.15) is 0 Å². The Morgan fingerprint density at radius 3 is 2.32 bits per heavy atom. The van der Waals surface area contributed by atoms with Crippen LogP contribution in [-0.2, 0) is 11.2 Å². The van der Waals surface area contributed by atoms with Crippen molar-refractivity contribution in [1.29, 1.82) is 0 Å². The van der Waals surface area contributed by atoms with Crippen LogP contribution in [0.15, 0.2) is 48.5 Å². The SMILES string of the molecule is Cc1ccccc1C(NC(=O)CCc1ccccc1C(=O)O)C(C)C. The largest absolute Gasteiger partial charge is 0.478 e. The lowest BCUT2D eigenvalue weighted by atomic mass is 9.92. The first-order chi connectivity index (χ1) is 11.9. The molecule has 25 heavy (non-hydrogen) atoms. The molecule has 0 aliphatic rings. The van der Waals surface area contributed by atoms with E-state index in [0.29, 0.717) is 12.0 Å². The summed E-state index contributed by atoms with van der Waals surface area (Å²) in [5.41, 5.74) is 3.21. The first kappa shape index (κ1) is 18.7. The molecule has 2 aromatic rings. The molecule has 1 atom stereocenters. The molecule has 0 bridgehead atoms. The van der Waals surface area contributed by atoms with E-state index >= 15 is 0 Å². The molecular formula is C21H25NO3. The molecule has 4 heteroatoms. The first-order valence-corrected chi connectivity index (χ1v) is 8.56. The monoisotopic (exact) mass is 339 g/mol. The van der Waals surface area contributed by atoms with E-state index in [2.05, 4.69) is 19.2 Å². The number of hydrogen-bond acceptors (Lipinski definition) is 2. The molecule has 2 rings (SSSR count). The smallest absolute Gasteiger partial charge is 0.335 e. The molecule has 2 N–H and O–H groups in total. The normalized spacial score (nSPS) is 12.0. The Morgan fingerprint density at radius 1 is 1.04 bits per heavy atom. The Labute approximate surface area is 148 Å². The number of carbonyl (C=O) groups is 2. The maximum Gasteiger partial charge on any atom is 0.335 e. The van der Waals surface area contributed by atoms with Gasteiger partial charge in [-0.05, 0) is 42.0 Å². The Hall–Kier alpha value is -2.62. The Bertz CT molecular complexity index is 752. The van der Waals surface area contributed by atoms with Crippen LogP contribution in [-0.4, -0.2) is 17.0 Å². The second-order valence-corrected chi connectivity index (χ2v) is 6.61. The summed E-state index contributed by atoms with van der Waals surface area (Å²) in [6.45, 7) is 6.20. The summed E-state index contributed by atoms with van der Waals surface area (Å²) in [7, 11) is 0. The van der Waals surface area contributed by atoms with Crippen molar-refractivity contribution in [3.8, 4) is 0 Å². The third-order valence-electron chi connectivity index (χ3n) is 4.38. The fraction of sp³-hybridized carbons (Fsp3) is 0.333. The number of benzene rings is 2. The average Bonchev–Trinajstić information content (AvgIpc) is 2.58. The summed E-state index contributed by atoms with van der Waals surface area (Å²) in [5, 5.41) is 12.3. The third kappa shape index (κ3) is 4.92. The van der Waals surface area contributed by atoms with Gasteiger partial charge in [0, 0.05) is 6.42 Å². The van der Waals surface area contributed by atoms with Crippen LogP contribution in [0.2, 0.25) is 0 Å². The molecule has 1 amide bonds. The lowest BCUT2D eigenvalue weighted by Crippen LogP contribution is -2.32. The molecule has 0 aliphatic carbocycles. The van der Waals surface area contributed by atoms with Gasteiger partial charge in [0.25, 0.3) is 0 Å². The standard InChI is InChI=1S/C21H25NO3/c1-14(2)20(17-10-6-4-8-15(17)3)22-19(23)13-12-16-9-5-7-11-18(16)21(24)25/h4-11,14,20H,12-13H2,1-3H3,(H,22,23)(H,24,25). The van der Waals surface area contributed by atoms with Crippen molar-refractivity contribution in [2.45, 2.75) is 39.7 Å². The molecule has 0 fully saturated rings. The maximum absolute atomic E-state index is 12.4. The fourth-order valence-electron chi connectivity index (χ4n) is 2.98. The molecule has 0 saturated carbocycles. The first-order valence-electron chi connectivity index (χ1n) is 8.56. The summed E-state index contributed by atoms with van der Waals surface area (Å²) in [4.78, 5) is 23.7. The van der Waals surface area contributed by atoms with Gasteiger partial charge in [0.15, 0.2) is 0 Å².